The third-order valence-electron chi connectivity index (χ3n) is 4.01. The molecule has 0 bridgehead atoms. The summed E-state index contributed by atoms with van der Waals surface area (Å²) in [4.78, 5) is 12.0. The summed E-state index contributed by atoms with van der Waals surface area (Å²) in [5, 5.41) is 16.9. The van der Waals surface area contributed by atoms with Gasteiger partial charge in [-0.1, -0.05) is 30.3 Å². The van der Waals surface area contributed by atoms with Crippen molar-refractivity contribution in [3.8, 4) is 0 Å². The van der Waals surface area contributed by atoms with E-state index in [1.165, 1.54) is 18.0 Å². The Kier molecular flexibility index (Phi) is 3.96. The van der Waals surface area contributed by atoms with Crippen molar-refractivity contribution in [2.24, 2.45) is 0 Å². The van der Waals surface area contributed by atoms with Gasteiger partial charge in [-0.25, -0.2) is 4.79 Å². The van der Waals surface area contributed by atoms with Crippen LogP contribution in [0.25, 0.3) is 0 Å². The van der Waals surface area contributed by atoms with Gasteiger partial charge in [0, 0.05) is 24.1 Å². The molecule has 2 aromatic rings. The molecule has 5 heteroatoms. The summed E-state index contributed by atoms with van der Waals surface area (Å²) in [6.07, 6.45) is 3.84. The maximum atomic E-state index is 12.0. The second-order valence-electron chi connectivity index (χ2n) is 5.69. The average molecular weight is 297 g/mol. The number of pyridine rings is 1. The van der Waals surface area contributed by atoms with Gasteiger partial charge in [0.05, 0.1) is 6.04 Å². The minimum Gasteiger partial charge on any atom is -0.619 e. The molecule has 0 spiro atoms. The van der Waals surface area contributed by atoms with Crippen molar-refractivity contribution in [3.63, 3.8) is 0 Å². The molecule has 2 N–H and O–H groups in total. The molecule has 22 heavy (non-hydrogen) atoms. The normalized spacial score (nSPS) is 21.0. The van der Waals surface area contributed by atoms with Crippen LogP contribution in [0.1, 0.15) is 36.4 Å². The van der Waals surface area contributed by atoms with Crippen molar-refractivity contribution < 1.29 is 9.52 Å². The van der Waals surface area contributed by atoms with E-state index in [9.17, 15) is 10.0 Å². The summed E-state index contributed by atoms with van der Waals surface area (Å²) in [6.45, 7) is 1.89. The highest BCUT2D eigenvalue weighted by Crippen LogP contribution is 2.40. The number of aromatic nitrogens is 1. The fraction of sp³-hybridized carbons (Fsp3) is 0.294. The Balaban J connectivity index is 1.50. The zero-order valence-electron chi connectivity index (χ0n) is 12.4. The number of carbonyl (C=O) groups is 1. The molecule has 2 amide bonds. The molecule has 114 valence electrons. The fourth-order valence-corrected chi connectivity index (χ4v) is 2.63. The lowest BCUT2D eigenvalue weighted by atomic mass is 10.1. The molecule has 3 atom stereocenters. The average Bonchev–Trinajstić information content (AvgIpc) is 3.27. The molecule has 5 nitrogen and oxygen atoms in total. The number of rotatable bonds is 4. The molecule has 1 aliphatic rings. The summed E-state index contributed by atoms with van der Waals surface area (Å²) < 4.78 is 0.727. The number of hydrogen-bond acceptors (Lipinski definition) is 2. The highest BCUT2D eigenvalue weighted by atomic mass is 16.5. The number of nitrogens with zero attached hydrogens (tertiary/aromatic N) is 1. The molecule has 1 aliphatic carbocycles. The van der Waals surface area contributed by atoms with E-state index >= 15 is 0 Å². The first-order chi connectivity index (χ1) is 10.6. The molecule has 1 saturated carbocycles. The number of benzene rings is 1. The van der Waals surface area contributed by atoms with Crippen LogP contribution < -0.4 is 15.4 Å². The van der Waals surface area contributed by atoms with Gasteiger partial charge in [-0.05, 0) is 24.5 Å². The Bertz CT molecular complexity index is 643. The highest BCUT2D eigenvalue weighted by molar-refractivity contribution is 5.75. The van der Waals surface area contributed by atoms with Crippen LogP contribution in [-0.4, -0.2) is 12.1 Å². The summed E-state index contributed by atoms with van der Waals surface area (Å²) in [7, 11) is 0. The largest absolute Gasteiger partial charge is 0.619 e. The predicted molar refractivity (Wildman–Crippen MR) is 83.1 cm³/mol. The van der Waals surface area contributed by atoms with Crippen LogP contribution in [0.3, 0.4) is 0 Å². The second-order valence-corrected chi connectivity index (χ2v) is 5.69. The predicted octanol–water partition coefficient (Wildman–Crippen LogP) is 2.24. The summed E-state index contributed by atoms with van der Waals surface area (Å²) in [6, 6.07) is 13.5. The zero-order chi connectivity index (χ0) is 15.5. The van der Waals surface area contributed by atoms with E-state index in [0.717, 1.165) is 16.7 Å². The Morgan fingerprint density at radius 3 is 2.59 bits per heavy atom. The van der Waals surface area contributed by atoms with E-state index in [2.05, 4.69) is 22.8 Å². The van der Waals surface area contributed by atoms with E-state index in [4.69, 9.17) is 0 Å². The molecule has 1 fully saturated rings. The van der Waals surface area contributed by atoms with E-state index in [-0.39, 0.29) is 18.1 Å². The number of carbonyl (C=O) groups excluding carboxylic acids is 1. The molecule has 1 aromatic carbocycles. The van der Waals surface area contributed by atoms with Crippen LogP contribution in [0.5, 0.6) is 0 Å². The Morgan fingerprint density at radius 1 is 1.23 bits per heavy atom. The van der Waals surface area contributed by atoms with Crippen molar-refractivity contribution in [1.82, 2.24) is 10.6 Å². The first-order valence-electron chi connectivity index (χ1n) is 7.44. The van der Waals surface area contributed by atoms with Gasteiger partial charge < -0.3 is 15.8 Å². The third-order valence-corrected chi connectivity index (χ3v) is 4.01. The second kappa shape index (κ2) is 6.05. The molecular formula is C17H19N3O2. The van der Waals surface area contributed by atoms with Crippen molar-refractivity contribution in [1.29, 1.82) is 0 Å². The summed E-state index contributed by atoms with van der Waals surface area (Å²) in [5.41, 5.74) is 2.17. The van der Waals surface area contributed by atoms with Crippen LogP contribution in [0.15, 0.2) is 54.9 Å². The molecule has 1 heterocycles. The van der Waals surface area contributed by atoms with E-state index in [1.54, 1.807) is 12.1 Å². The van der Waals surface area contributed by atoms with E-state index in [1.807, 2.05) is 25.1 Å². The Hall–Kier alpha value is -2.56. The van der Waals surface area contributed by atoms with Crippen LogP contribution >= 0.6 is 0 Å². The van der Waals surface area contributed by atoms with Gasteiger partial charge in [0.15, 0.2) is 12.4 Å². The highest BCUT2D eigenvalue weighted by Gasteiger charge is 2.39. The minimum absolute atomic E-state index is 0.143. The van der Waals surface area contributed by atoms with Crippen LogP contribution in [0.2, 0.25) is 0 Å². The Morgan fingerprint density at radius 2 is 1.91 bits per heavy atom. The minimum atomic E-state index is -0.171. The van der Waals surface area contributed by atoms with Gasteiger partial charge in [0.1, 0.15) is 0 Å². The van der Waals surface area contributed by atoms with Crippen molar-refractivity contribution in [2.75, 3.05) is 0 Å². The number of amides is 2. The van der Waals surface area contributed by atoms with Gasteiger partial charge in [0.25, 0.3) is 0 Å². The monoisotopic (exact) mass is 297 g/mol. The van der Waals surface area contributed by atoms with Gasteiger partial charge in [-0.15, -0.1) is 0 Å². The van der Waals surface area contributed by atoms with E-state index < -0.39 is 0 Å². The third kappa shape index (κ3) is 3.36. The molecule has 0 saturated heterocycles. The van der Waals surface area contributed by atoms with Gasteiger partial charge in [0.2, 0.25) is 0 Å². The molecule has 1 aromatic heterocycles. The van der Waals surface area contributed by atoms with Gasteiger partial charge in [-0.2, -0.15) is 4.73 Å². The topological polar surface area (TPSA) is 68.1 Å². The van der Waals surface area contributed by atoms with Crippen LogP contribution in [0, 0.1) is 5.21 Å². The number of nitrogens with one attached hydrogen (secondary N) is 2. The molecule has 3 rings (SSSR count). The lowest BCUT2D eigenvalue weighted by Gasteiger charge is -2.14. The summed E-state index contributed by atoms with van der Waals surface area (Å²) in [5.74, 6) is 0.415. The molecule has 0 radical (unpaired) electrons. The smallest absolute Gasteiger partial charge is 0.315 e. The molecule has 0 aliphatic heterocycles. The lowest BCUT2D eigenvalue weighted by Crippen LogP contribution is -2.39. The molecule has 0 unspecified atom stereocenters. The van der Waals surface area contributed by atoms with Crippen molar-refractivity contribution >= 4 is 6.03 Å². The standard InChI is InChI=1S/C17H19N3O2/c1-12(13-7-9-20(22)10-8-13)18-17(21)19-16-11-15(16)14-5-3-2-4-6-14/h2-10,12,15-16H,11H2,1H3,(H2,18,19,21)/t12-,15-,16+/m0/s1. The molecular weight excluding hydrogens is 278 g/mol. The maximum Gasteiger partial charge on any atom is 0.315 e. The first-order valence-corrected chi connectivity index (χ1v) is 7.44. The zero-order valence-corrected chi connectivity index (χ0v) is 12.4. The lowest BCUT2D eigenvalue weighted by molar-refractivity contribution is -0.605. The Labute approximate surface area is 129 Å². The van der Waals surface area contributed by atoms with Crippen molar-refractivity contribution in [2.45, 2.75) is 31.3 Å². The quantitative estimate of drug-likeness (QED) is 0.671. The van der Waals surface area contributed by atoms with Crippen LogP contribution in [-0.2, 0) is 0 Å². The number of urea groups is 1. The van der Waals surface area contributed by atoms with E-state index in [0.29, 0.717) is 5.92 Å². The SMILES string of the molecule is C[C@H](NC(=O)N[C@@H]1C[C@H]1c1ccccc1)c1cc[n+]([O-])cc1. The maximum absolute atomic E-state index is 12.0. The first kappa shape index (κ1) is 14.4. The van der Waals surface area contributed by atoms with Crippen LogP contribution in [0.4, 0.5) is 4.79 Å². The fourth-order valence-electron chi connectivity index (χ4n) is 2.63. The number of hydrogen-bond donors (Lipinski definition) is 2. The van der Waals surface area contributed by atoms with Crippen molar-refractivity contribution in [3.05, 3.63) is 71.2 Å². The van der Waals surface area contributed by atoms with Gasteiger partial charge >= 0.3 is 6.03 Å². The summed E-state index contributed by atoms with van der Waals surface area (Å²) >= 11 is 0. The van der Waals surface area contributed by atoms with Gasteiger partial charge in [-0.3, -0.25) is 0 Å².